The molecule has 0 aromatic carbocycles. The molecule has 2 rings (SSSR count). The van der Waals surface area contributed by atoms with Gasteiger partial charge in [-0.3, -0.25) is 0 Å². The van der Waals surface area contributed by atoms with Crippen molar-refractivity contribution >= 4 is 5.82 Å². The van der Waals surface area contributed by atoms with E-state index < -0.39 is 6.10 Å². The van der Waals surface area contributed by atoms with E-state index in [1.165, 1.54) is 19.3 Å². The highest BCUT2D eigenvalue weighted by atomic mass is 16.3. The van der Waals surface area contributed by atoms with E-state index in [2.05, 4.69) is 17.2 Å². The standard InChI is InChI=1S/C15H26N4O/c1-3-4-5-6-7-13(11(2)20)19-10-18-14-12(16)8-9-17-15(14)19/h8-13,17,20H,3-7,16H2,1-2H3/t11-,12?,13+/m1/s1. The fraction of sp³-hybridized carbons (Fsp3) is 0.667. The Hall–Kier alpha value is -1.33. The van der Waals surface area contributed by atoms with Crippen molar-refractivity contribution in [2.75, 3.05) is 5.32 Å². The molecule has 1 aliphatic heterocycles. The number of anilines is 1. The molecule has 1 aliphatic rings. The zero-order valence-corrected chi connectivity index (χ0v) is 12.4. The Kier molecular flexibility index (Phi) is 5.20. The Balaban J connectivity index is 2.10. The first-order valence-electron chi connectivity index (χ1n) is 7.58. The van der Waals surface area contributed by atoms with Gasteiger partial charge in [0.15, 0.2) is 0 Å². The summed E-state index contributed by atoms with van der Waals surface area (Å²) >= 11 is 0. The second-order valence-electron chi connectivity index (χ2n) is 5.57. The number of aromatic nitrogens is 2. The fourth-order valence-electron chi connectivity index (χ4n) is 2.73. The first-order valence-corrected chi connectivity index (χ1v) is 7.58. The molecule has 20 heavy (non-hydrogen) atoms. The van der Waals surface area contributed by atoms with E-state index >= 15 is 0 Å². The predicted molar refractivity (Wildman–Crippen MR) is 81.4 cm³/mol. The second-order valence-corrected chi connectivity index (χ2v) is 5.57. The van der Waals surface area contributed by atoms with Gasteiger partial charge in [0.25, 0.3) is 0 Å². The van der Waals surface area contributed by atoms with Crippen LogP contribution in [0.15, 0.2) is 18.6 Å². The lowest BCUT2D eigenvalue weighted by molar-refractivity contribution is 0.123. The van der Waals surface area contributed by atoms with Crippen molar-refractivity contribution in [1.29, 1.82) is 0 Å². The molecule has 5 heteroatoms. The molecule has 0 aliphatic carbocycles. The van der Waals surface area contributed by atoms with Crippen molar-refractivity contribution in [3.63, 3.8) is 0 Å². The molecule has 0 bridgehead atoms. The van der Waals surface area contributed by atoms with E-state index in [1.807, 2.05) is 23.8 Å². The topological polar surface area (TPSA) is 76.1 Å². The van der Waals surface area contributed by atoms with E-state index in [-0.39, 0.29) is 12.1 Å². The van der Waals surface area contributed by atoms with Crippen LogP contribution >= 0.6 is 0 Å². The minimum Gasteiger partial charge on any atom is -0.391 e. The smallest absolute Gasteiger partial charge is 0.135 e. The van der Waals surface area contributed by atoms with Crippen LogP contribution < -0.4 is 11.1 Å². The van der Waals surface area contributed by atoms with E-state index in [1.54, 1.807) is 6.33 Å². The number of fused-ring (bicyclic) bond motifs is 1. The molecule has 0 saturated heterocycles. The molecule has 1 unspecified atom stereocenters. The third kappa shape index (κ3) is 3.22. The number of imidazole rings is 1. The van der Waals surface area contributed by atoms with Gasteiger partial charge in [-0.2, -0.15) is 0 Å². The predicted octanol–water partition coefficient (Wildman–Crippen LogP) is 2.71. The molecule has 4 N–H and O–H groups in total. The summed E-state index contributed by atoms with van der Waals surface area (Å²) in [6.45, 7) is 4.05. The lowest BCUT2D eigenvalue weighted by atomic mass is 10.0. The van der Waals surface area contributed by atoms with Crippen LogP contribution in [0.1, 0.15) is 63.7 Å². The number of hydrogen-bond acceptors (Lipinski definition) is 4. The van der Waals surface area contributed by atoms with E-state index in [0.29, 0.717) is 0 Å². The molecule has 112 valence electrons. The number of unbranched alkanes of at least 4 members (excludes halogenated alkanes) is 3. The molecule has 0 radical (unpaired) electrons. The highest BCUT2D eigenvalue weighted by Gasteiger charge is 2.24. The number of aliphatic hydroxyl groups is 1. The summed E-state index contributed by atoms with van der Waals surface area (Å²) < 4.78 is 2.04. The lowest BCUT2D eigenvalue weighted by Crippen LogP contribution is -2.23. The van der Waals surface area contributed by atoms with Crippen molar-refractivity contribution in [1.82, 2.24) is 9.55 Å². The Bertz CT molecular complexity index is 453. The summed E-state index contributed by atoms with van der Waals surface area (Å²) in [6, 6.07) is -0.114. The van der Waals surface area contributed by atoms with Gasteiger partial charge in [-0.1, -0.05) is 32.6 Å². The summed E-state index contributed by atoms with van der Waals surface area (Å²) in [5.74, 6) is 0.918. The third-order valence-corrected chi connectivity index (χ3v) is 3.93. The zero-order valence-electron chi connectivity index (χ0n) is 12.4. The second kappa shape index (κ2) is 6.90. The molecule has 0 saturated carbocycles. The van der Waals surface area contributed by atoms with Gasteiger partial charge >= 0.3 is 0 Å². The van der Waals surface area contributed by atoms with Crippen molar-refractivity contribution in [3.8, 4) is 0 Å². The van der Waals surface area contributed by atoms with Crippen molar-refractivity contribution in [2.45, 2.75) is 64.1 Å². The number of hydrogen-bond donors (Lipinski definition) is 3. The van der Waals surface area contributed by atoms with Gasteiger partial charge in [0, 0.05) is 6.20 Å². The molecule has 5 nitrogen and oxygen atoms in total. The van der Waals surface area contributed by atoms with Crippen LogP contribution in [0.5, 0.6) is 0 Å². The van der Waals surface area contributed by atoms with E-state index in [0.717, 1.165) is 24.4 Å². The summed E-state index contributed by atoms with van der Waals surface area (Å²) in [5, 5.41) is 13.3. The first-order chi connectivity index (χ1) is 9.65. The molecule has 1 aromatic heterocycles. The Labute approximate surface area is 120 Å². The average Bonchev–Trinajstić information content (AvgIpc) is 2.84. The molecule has 3 atom stereocenters. The molecule has 0 spiro atoms. The highest BCUT2D eigenvalue weighted by Crippen LogP contribution is 2.31. The van der Waals surface area contributed by atoms with Crippen LogP contribution in [0.2, 0.25) is 0 Å². The van der Waals surface area contributed by atoms with Crippen LogP contribution in [-0.4, -0.2) is 20.8 Å². The molecule has 0 fully saturated rings. The van der Waals surface area contributed by atoms with Gasteiger partial charge in [0.1, 0.15) is 11.5 Å². The average molecular weight is 278 g/mol. The first kappa shape index (κ1) is 15.1. The maximum absolute atomic E-state index is 10.1. The SMILES string of the molecule is CCCCCC[C@@H]([C@@H](C)O)n1cnc2c1NC=CC2N. The van der Waals surface area contributed by atoms with Gasteiger partial charge in [0.05, 0.1) is 24.5 Å². The van der Waals surface area contributed by atoms with Crippen LogP contribution in [0.25, 0.3) is 0 Å². The van der Waals surface area contributed by atoms with Crippen LogP contribution in [0, 0.1) is 0 Å². The van der Waals surface area contributed by atoms with Crippen molar-refractivity contribution in [3.05, 3.63) is 24.3 Å². The normalized spacial score (nSPS) is 20.3. The summed E-state index contributed by atoms with van der Waals surface area (Å²) in [6.07, 6.45) is 10.9. The minimum atomic E-state index is -0.404. The van der Waals surface area contributed by atoms with Gasteiger partial charge < -0.3 is 20.7 Å². The van der Waals surface area contributed by atoms with Gasteiger partial charge in [-0.15, -0.1) is 0 Å². The van der Waals surface area contributed by atoms with E-state index in [9.17, 15) is 5.11 Å². The van der Waals surface area contributed by atoms with Crippen LogP contribution in [-0.2, 0) is 0 Å². The monoisotopic (exact) mass is 278 g/mol. The number of nitrogens with two attached hydrogens (primary N) is 1. The summed E-state index contributed by atoms with van der Waals surface area (Å²) in [7, 11) is 0. The molecular weight excluding hydrogens is 252 g/mol. The molecule has 0 amide bonds. The Morgan fingerprint density at radius 1 is 1.45 bits per heavy atom. The minimum absolute atomic E-state index is 0.0503. The van der Waals surface area contributed by atoms with E-state index in [4.69, 9.17) is 5.73 Å². The molecular formula is C15H26N4O. The Morgan fingerprint density at radius 2 is 2.25 bits per heavy atom. The highest BCUT2D eigenvalue weighted by molar-refractivity contribution is 5.50. The number of aliphatic hydroxyl groups excluding tert-OH is 1. The summed E-state index contributed by atoms with van der Waals surface area (Å²) in [5.41, 5.74) is 6.86. The van der Waals surface area contributed by atoms with Crippen molar-refractivity contribution in [2.24, 2.45) is 5.73 Å². The van der Waals surface area contributed by atoms with Crippen molar-refractivity contribution < 1.29 is 5.11 Å². The number of nitrogens with one attached hydrogen (secondary N) is 1. The fourth-order valence-corrected chi connectivity index (χ4v) is 2.73. The number of rotatable bonds is 7. The third-order valence-electron chi connectivity index (χ3n) is 3.93. The Morgan fingerprint density at radius 3 is 2.95 bits per heavy atom. The lowest BCUT2D eigenvalue weighted by Gasteiger charge is -2.25. The molecule has 1 aromatic rings. The quantitative estimate of drug-likeness (QED) is 0.670. The largest absolute Gasteiger partial charge is 0.391 e. The zero-order chi connectivity index (χ0) is 14.5. The van der Waals surface area contributed by atoms with Crippen LogP contribution in [0.4, 0.5) is 5.82 Å². The maximum Gasteiger partial charge on any atom is 0.135 e. The summed E-state index contributed by atoms with van der Waals surface area (Å²) in [4.78, 5) is 4.40. The maximum atomic E-state index is 10.1. The number of nitrogens with zero attached hydrogens (tertiary/aromatic N) is 2. The van der Waals surface area contributed by atoms with Gasteiger partial charge in [0.2, 0.25) is 0 Å². The van der Waals surface area contributed by atoms with Crippen LogP contribution in [0.3, 0.4) is 0 Å². The molecule has 2 heterocycles. The van der Waals surface area contributed by atoms with Gasteiger partial charge in [-0.05, 0) is 19.4 Å². The van der Waals surface area contributed by atoms with Gasteiger partial charge in [-0.25, -0.2) is 4.98 Å².